The number of anilines is 1. The van der Waals surface area contributed by atoms with E-state index in [1.165, 1.54) is 19.1 Å². The van der Waals surface area contributed by atoms with E-state index in [-0.39, 0.29) is 5.69 Å². The number of carbonyl (C=O) groups is 1. The number of carboxylic acids is 1. The molecule has 0 heterocycles. The Hall–Kier alpha value is -1.44. The molecule has 4 nitrogen and oxygen atoms in total. The predicted molar refractivity (Wildman–Crippen MR) is 70.7 cm³/mol. The fraction of sp³-hybridized carbons (Fsp3) is 0.417. The Kier molecular flexibility index (Phi) is 5.27. The standard InChI is InChI=1S/C12H13BrF3NO3/c1-6(11(18)19)7(2)17-9-4-3-8(13)5-10(9)20-12(14,15)16/h3-7,17H,1-2H3,(H,18,19). The minimum atomic E-state index is -4.82. The number of hydrogen-bond acceptors (Lipinski definition) is 3. The molecule has 0 aliphatic heterocycles. The molecule has 0 radical (unpaired) electrons. The number of alkyl halides is 3. The average molecular weight is 356 g/mol. The summed E-state index contributed by atoms with van der Waals surface area (Å²) in [6.45, 7) is 3.03. The van der Waals surface area contributed by atoms with Crippen LogP contribution in [0.2, 0.25) is 0 Å². The lowest BCUT2D eigenvalue weighted by Crippen LogP contribution is -2.30. The van der Waals surface area contributed by atoms with Gasteiger partial charge in [-0.1, -0.05) is 15.9 Å². The van der Waals surface area contributed by atoms with Crippen LogP contribution in [0.1, 0.15) is 13.8 Å². The van der Waals surface area contributed by atoms with Crippen LogP contribution in [-0.4, -0.2) is 23.5 Å². The van der Waals surface area contributed by atoms with Gasteiger partial charge >= 0.3 is 12.3 Å². The molecule has 2 atom stereocenters. The van der Waals surface area contributed by atoms with E-state index >= 15 is 0 Å². The minimum Gasteiger partial charge on any atom is -0.481 e. The molecule has 2 unspecified atom stereocenters. The highest BCUT2D eigenvalue weighted by Gasteiger charge is 2.32. The van der Waals surface area contributed by atoms with Gasteiger partial charge < -0.3 is 15.2 Å². The van der Waals surface area contributed by atoms with Crippen molar-refractivity contribution in [3.63, 3.8) is 0 Å². The Morgan fingerprint density at radius 3 is 2.50 bits per heavy atom. The van der Waals surface area contributed by atoms with Gasteiger partial charge in [0.2, 0.25) is 0 Å². The van der Waals surface area contributed by atoms with E-state index in [1.807, 2.05) is 0 Å². The maximum Gasteiger partial charge on any atom is 0.573 e. The van der Waals surface area contributed by atoms with Crippen LogP contribution in [0.15, 0.2) is 22.7 Å². The summed E-state index contributed by atoms with van der Waals surface area (Å²) in [7, 11) is 0. The van der Waals surface area contributed by atoms with Crippen molar-refractivity contribution in [1.82, 2.24) is 0 Å². The molecule has 1 aromatic rings. The normalized spacial score (nSPS) is 14.5. The fourth-order valence-corrected chi connectivity index (χ4v) is 1.75. The van der Waals surface area contributed by atoms with E-state index < -0.39 is 30.0 Å². The predicted octanol–water partition coefficient (Wildman–Crippen LogP) is 3.87. The molecule has 0 spiro atoms. The van der Waals surface area contributed by atoms with Crippen molar-refractivity contribution >= 4 is 27.6 Å². The van der Waals surface area contributed by atoms with Crippen molar-refractivity contribution in [1.29, 1.82) is 0 Å². The van der Waals surface area contributed by atoms with Crippen LogP contribution in [0.25, 0.3) is 0 Å². The summed E-state index contributed by atoms with van der Waals surface area (Å²) in [5.74, 6) is -2.23. The Morgan fingerprint density at radius 1 is 1.40 bits per heavy atom. The Balaban J connectivity index is 2.97. The number of halogens is 4. The quantitative estimate of drug-likeness (QED) is 0.841. The van der Waals surface area contributed by atoms with Crippen molar-refractivity contribution in [3.05, 3.63) is 22.7 Å². The first kappa shape index (κ1) is 16.6. The van der Waals surface area contributed by atoms with Gasteiger partial charge in [-0.2, -0.15) is 0 Å². The highest BCUT2D eigenvalue weighted by atomic mass is 79.9. The summed E-state index contributed by atoms with van der Waals surface area (Å²) >= 11 is 3.05. The van der Waals surface area contributed by atoms with Gasteiger partial charge in [0, 0.05) is 10.5 Å². The first-order valence-corrected chi connectivity index (χ1v) is 6.44. The number of hydrogen-bond donors (Lipinski definition) is 2. The van der Waals surface area contributed by atoms with E-state index in [2.05, 4.69) is 26.0 Å². The van der Waals surface area contributed by atoms with Crippen molar-refractivity contribution < 1.29 is 27.8 Å². The largest absolute Gasteiger partial charge is 0.573 e. The molecule has 1 aromatic carbocycles. The van der Waals surface area contributed by atoms with Crippen LogP contribution in [0.4, 0.5) is 18.9 Å². The zero-order valence-corrected chi connectivity index (χ0v) is 12.2. The van der Waals surface area contributed by atoms with Gasteiger partial charge in [0.25, 0.3) is 0 Å². The second-order valence-corrected chi connectivity index (χ2v) is 5.16. The number of carboxylic acid groups (broad SMARTS) is 1. The molecule has 0 bridgehead atoms. The van der Waals surface area contributed by atoms with Gasteiger partial charge in [-0.05, 0) is 32.0 Å². The van der Waals surface area contributed by atoms with Gasteiger partial charge in [0.1, 0.15) is 0 Å². The fourth-order valence-electron chi connectivity index (χ4n) is 1.41. The topological polar surface area (TPSA) is 58.6 Å². The molecular weight excluding hydrogens is 343 g/mol. The molecule has 20 heavy (non-hydrogen) atoms. The van der Waals surface area contributed by atoms with Crippen LogP contribution in [-0.2, 0) is 4.79 Å². The summed E-state index contributed by atoms with van der Waals surface area (Å²) < 4.78 is 41.3. The Morgan fingerprint density at radius 2 is 2.00 bits per heavy atom. The van der Waals surface area contributed by atoms with Gasteiger partial charge in [-0.15, -0.1) is 13.2 Å². The number of rotatable bonds is 5. The molecule has 0 aromatic heterocycles. The smallest absolute Gasteiger partial charge is 0.481 e. The second-order valence-electron chi connectivity index (χ2n) is 4.25. The van der Waals surface area contributed by atoms with Crippen LogP contribution < -0.4 is 10.1 Å². The first-order valence-electron chi connectivity index (χ1n) is 5.65. The van der Waals surface area contributed by atoms with Crippen LogP contribution in [0, 0.1) is 5.92 Å². The van der Waals surface area contributed by atoms with E-state index in [1.54, 1.807) is 6.92 Å². The number of aliphatic carboxylic acids is 1. The minimum absolute atomic E-state index is 0.0751. The van der Waals surface area contributed by atoms with E-state index in [4.69, 9.17) is 5.11 Å². The second kappa shape index (κ2) is 6.34. The zero-order chi connectivity index (χ0) is 15.5. The molecule has 0 saturated carbocycles. The molecule has 0 amide bonds. The van der Waals surface area contributed by atoms with E-state index in [0.717, 1.165) is 6.07 Å². The number of nitrogens with one attached hydrogen (secondary N) is 1. The van der Waals surface area contributed by atoms with Gasteiger partial charge in [0.15, 0.2) is 5.75 Å². The molecule has 112 valence electrons. The number of benzene rings is 1. The van der Waals surface area contributed by atoms with Gasteiger partial charge in [-0.25, -0.2) is 0 Å². The summed E-state index contributed by atoms with van der Waals surface area (Å²) in [6.07, 6.45) is -4.82. The highest BCUT2D eigenvalue weighted by molar-refractivity contribution is 9.10. The highest BCUT2D eigenvalue weighted by Crippen LogP contribution is 2.33. The maximum atomic E-state index is 12.3. The van der Waals surface area contributed by atoms with Crippen molar-refractivity contribution in [2.45, 2.75) is 26.3 Å². The summed E-state index contributed by atoms with van der Waals surface area (Å²) in [6, 6.07) is 3.51. The lowest BCUT2D eigenvalue weighted by molar-refractivity contribution is -0.274. The molecule has 8 heteroatoms. The zero-order valence-electron chi connectivity index (χ0n) is 10.7. The summed E-state index contributed by atoms with van der Waals surface area (Å²) in [5, 5.41) is 11.6. The van der Waals surface area contributed by atoms with Gasteiger partial charge in [0.05, 0.1) is 11.6 Å². The molecular formula is C12H13BrF3NO3. The third-order valence-electron chi connectivity index (χ3n) is 2.69. The Labute approximate surface area is 122 Å². The van der Waals surface area contributed by atoms with Gasteiger partial charge in [-0.3, -0.25) is 4.79 Å². The lowest BCUT2D eigenvalue weighted by Gasteiger charge is -2.21. The summed E-state index contributed by atoms with van der Waals surface area (Å²) in [5.41, 5.74) is 0.0751. The number of ether oxygens (including phenoxy) is 1. The first-order chi connectivity index (χ1) is 9.10. The average Bonchev–Trinajstić information content (AvgIpc) is 2.29. The Bertz CT molecular complexity index is 493. The SMILES string of the molecule is CC(Nc1ccc(Br)cc1OC(F)(F)F)C(C)C(=O)O. The summed E-state index contributed by atoms with van der Waals surface area (Å²) in [4.78, 5) is 10.8. The lowest BCUT2D eigenvalue weighted by atomic mass is 10.0. The maximum absolute atomic E-state index is 12.3. The van der Waals surface area contributed by atoms with Crippen LogP contribution >= 0.6 is 15.9 Å². The van der Waals surface area contributed by atoms with Crippen molar-refractivity contribution in [2.24, 2.45) is 5.92 Å². The molecule has 2 N–H and O–H groups in total. The molecule has 1 rings (SSSR count). The molecule has 0 aliphatic carbocycles. The molecule has 0 saturated heterocycles. The van der Waals surface area contributed by atoms with Crippen molar-refractivity contribution in [2.75, 3.05) is 5.32 Å². The van der Waals surface area contributed by atoms with Crippen molar-refractivity contribution in [3.8, 4) is 5.75 Å². The van der Waals surface area contributed by atoms with E-state index in [0.29, 0.717) is 4.47 Å². The van der Waals surface area contributed by atoms with E-state index in [9.17, 15) is 18.0 Å². The monoisotopic (exact) mass is 355 g/mol. The third kappa shape index (κ3) is 4.92. The van der Waals surface area contributed by atoms with Crippen LogP contribution in [0.3, 0.4) is 0 Å². The van der Waals surface area contributed by atoms with Crippen LogP contribution in [0.5, 0.6) is 5.75 Å². The molecule has 0 fully saturated rings. The third-order valence-corrected chi connectivity index (χ3v) is 3.19. The molecule has 0 aliphatic rings.